The summed E-state index contributed by atoms with van der Waals surface area (Å²) in [5, 5.41) is 11.6. The Bertz CT molecular complexity index is 215. The molecule has 0 spiro atoms. The van der Waals surface area contributed by atoms with E-state index in [1.54, 1.807) is 11.8 Å². The van der Waals surface area contributed by atoms with E-state index < -0.39 is 0 Å². The number of hydrogen-bond donors (Lipinski definition) is 2. The summed E-state index contributed by atoms with van der Waals surface area (Å²) in [5.41, 5.74) is -0.101. The normalized spacial score (nSPS) is 18.6. The molecule has 0 bridgehead atoms. The minimum absolute atomic E-state index is 0.101. The third-order valence-electron chi connectivity index (χ3n) is 3.23. The highest BCUT2D eigenvalue weighted by Gasteiger charge is 2.35. The van der Waals surface area contributed by atoms with Crippen LogP contribution in [0.4, 0.5) is 0 Å². The summed E-state index contributed by atoms with van der Waals surface area (Å²) in [6, 6.07) is 0. The molecule has 2 N–H and O–H groups in total. The zero-order valence-electron chi connectivity index (χ0n) is 10.1. The molecule has 4 heteroatoms. The van der Waals surface area contributed by atoms with Gasteiger partial charge in [0.05, 0.1) is 0 Å². The van der Waals surface area contributed by atoms with Crippen LogP contribution >= 0.6 is 11.8 Å². The number of rotatable bonds is 7. The van der Waals surface area contributed by atoms with E-state index in [2.05, 4.69) is 12.2 Å². The van der Waals surface area contributed by atoms with Crippen molar-refractivity contribution in [2.75, 3.05) is 24.7 Å². The highest BCUT2D eigenvalue weighted by molar-refractivity contribution is 7.99. The van der Waals surface area contributed by atoms with Crippen LogP contribution in [0.25, 0.3) is 0 Å². The smallest absolute Gasteiger partial charge is 0.225 e. The van der Waals surface area contributed by atoms with E-state index >= 15 is 0 Å². The van der Waals surface area contributed by atoms with Gasteiger partial charge in [0, 0.05) is 24.3 Å². The quantitative estimate of drug-likeness (QED) is 0.672. The Balaban J connectivity index is 2.06. The second kappa shape index (κ2) is 7.17. The molecule has 1 rings (SSSR count). The Morgan fingerprint density at radius 2 is 2.06 bits per heavy atom. The van der Waals surface area contributed by atoms with E-state index in [0.717, 1.165) is 37.3 Å². The van der Waals surface area contributed by atoms with Crippen molar-refractivity contribution in [3.63, 3.8) is 0 Å². The van der Waals surface area contributed by atoms with Crippen molar-refractivity contribution in [1.82, 2.24) is 5.32 Å². The second-order valence-electron chi connectivity index (χ2n) is 4.71. The van der Waals surface area contributed by atoms with Crippen molar-refractivity contribution in [3.05, 3.63) is 0 Å². The number of carbonyl (C=O) groups excluding carboxylic acids is 1. The van der Waals surface area contributed by atoms with Crippen LogP contribution in [-0.2, 0) is 4.79 Å². The van der Waals surface area contributed by atoms with Gasteiger partial charge in [0.1, 0.15) is 0 Å². The van der Waals surface area contributed by atoms with E-state index in [4.69, 9.17) is 5.11 Å². The number of aliphatic hydroxyl groups is 1. The van der Waals surface area contributed by atoms with Gasteiger partial charge < -0.3 is 10.4 Å². The Labute approximate surface area is 102 Å². The van der Waals surface area contributed by atoms with E-state index in [-0.39, 0.29) is 17.9 Å². The molecule has 0 aromatic heterocycles. The van der Waals surface area contributed by atoms with Gasteiger partial charge in [-0.2, -0.15) is 11.8 Å². The summed E-state index contributed by atoms with van der Waals surface area (Å²) in [4.78, 5) is 11.9. The Hall–Kier alpha value is -0.220. The van der Waals surface area contributed by atoms with Crippen molar-refractivity contribution in [2.45, 2.75) is 39.0 Å². The van der Waals surface area contributed by atoms with Gasteiger partial charge in [-0.3, -0.25) is 4.79 Å². The van der Waals surface area contributed by atoms with Crippen LogP contribution in [0.1, 0.15) is 39.0 Å². The fourth-order valence-electron chi connectivity index (χ4n) is 2.10. The Morgan fingerprint density at radius 1 is 1.38 bits per heavy atom. The van der Waals surface area contributed by atoms with Gasteiger partial charge in [-0.25, -0.2) is 0 Å². The summed E-state index contributed by atoms with van der Waals surface area (Å²) in [6.45, 7) is 3.09. The minimum Gasteiger partial charge on any atom is -0.396 e. The van der Waals surface area contributed by atoms with E-state index in [1.807, 2.05) is 0 Å². The van der Waals surface area contributed by atoms with Crippen molar-refractivity contribution >= 4 is 17.7 Å². The number of thioether (sulfide) groups is 1. The summed E-state index contributed by atoms with van der Waals surface area (Å²) in [5.74, 6) is 2.15. The first-order chi connectivity index (χ1) is 7.69. The van der Waals surface area contributed by atoms with E-state index in [9.17, 15) is 4.79 Å². The number of nitrogens with one attached hydrogen (secondary N) is 1. The summed E-state index contributed by atoms with van der Waals surface area (Å²) < 4.78 is 0. The van der Waals surface area contributed by atoms with Gasteiger partial charge in [-0.15, -0.1) is 0 Å². The van der Waals surface area contributed by atoms with Gasteiger partial charge in [0.25, 0.3) is 0 Å². The molecule has 0 radical (unpaired) electrons. The highest BCUT2D eigenvalue weighted by atomic mass is 32.2. The summed E-state index contributed by atoms with van der Waals surface area (Å²) in [6.07, 6.45) is 5.30. The maximum Gasteiger partial charge on any atom is 0.225 e. The van der Waals surface area contributed by atoms with Gasteiger partial charge in [-0.05, 0) is 25.0 Å². The monoisotopic (exact) mass is 245 g/mol. The van der Waals surface area contributed by atoms with Crippen LogP contribution in [0.15, 0.2) is 0 Å². The van der Waals surface area contributed by atoms with Crippen LogP contribution in [0.3, 0.4) is 0 Å². The number of aliphatic hydroxyl groups excluding tert-OH is 1. The van der Waals surface area contributed by atoms with E-state index in [0.29, 0.717) is 0 Å². The standard InChI is InChI=1S/C12H23NO2S/c1-12(5-2-3-6-12)11(15)13-7-10-16-9-4-8-14/h14H,2-10H2,1H3,(H,13,15). The molecule has 0 unspecified atom stereocenters. The fraction of sp³-hybridized carbons (Fsp3) is 0.917. The van der Waals surface area contributed by atoms with Crippen molar-refractivity contribution in [2.24, 2.45) is 5.41 Å². The molecular formula is C12H23NO2S. The molecule has 0 aromatic carbocycles. The highest BCUT2D eigenvalue weighted by Crippen LogP contribution is 2.37. The largest absolute Gasteiger partial charge is 0.396 e. The maximum absolute atomic E-state index is 11.9. The average Bonchev–Trinajstić information content (AvgIpc) is 2.71. The molecule has 3 nitrogen and oxygen atoms in total. The third kappa shape index (κ3) is 4.34. The molecule has 0 saturated heterocycles. The number of hydrogen-bond acceptors (Lipinski definition) is 3. The summed E-state index contributed by atoms with van der Waals surface area (Å²) >= 11 is 1.79. The lowest BCUT2D eigenvalue weighted by molar-refractivity contribution is -0.129. The second-order valence-corrected chi connectivity index (χ2v) is 5.94. The molecule has 94 valence electrons. The zero-order chi connectivity index (χ0) is 11.9. The first-order valence-corrected chi connectivity index (χ1v) is 7.31. The van der Waals surface area contributed by atoms with Gasteiger partial charge in [-0.1, -0.05) is 19.8 Å². The molecule has 1 aliphatic rings. The lowest BCUT2D eigenvalue weighted by Crippen LogP contribution is -2.38. The fourth-order valence-corrected chi connectivity index (χ4v) is 2.88. The number of carbonyl (C=O) groups is 1. The summed E-state index contributed by atoms with van der Waals surface area (Å²) in [7, 11) is 0. The Morgan fingerprint density at radius 3 is 2.69 bits per heavy atom. The SMILES string of the molecule is CC1(C(=O)NCCSCCCO)CCCC1. The van der Waals surface area contributed by atoms with Gasteiger partial charge >= 0.3 is 0 Å². The lowest BCUT2D eigenvalue weighted by Gasteiger charge is -2.22. The van der Waals surface area contributed by atoms with Crippen LogP contribution in [0, 0.1) is 5.41 Å². The molecule has 1 aliphatic carbocycles. The van der Waals surface area contributed by atoms with Crippen molar-refractivity contribution in [1.29, 1.82) is 0 Å². The first-order valence-electron chi connectivity index (χ1n) is 6.16. The Kier molecular flexibility index (Phi) is 6.21. The van der Waals surface area contributed by atoms with Gasteiger partial charge in [0.15, 0.2) is 0 Å². The van der Waals surface area contributed by atoms with Crippen LogP contribution in [0.2, 0.25) is 0 Å². The third-order valence-corrected chi connectivity index (χ3v) is 4.30. The molecule has 1 saturated carbocycles. The molecule has 1 fully saturated rings. The predicted octanol–water partition coefficient (Wildman–Crippen LogP) is 1.80. The molecule has 0 aromatic rings. The maximum atomic E-state index is 11.9. The number of amides is 1. The lowest BCUT2D eigenvalue weighted by atomic mass is 9.88. The predicted molar refractivity (Wildman–Crippen MR) is 68.6 cm³/mol. The minimum atomic E-state index is -0.101. The topological polar surface area (TPSA) is 49.3 Å². The molecule has 16 heavy (non-hydrogen) atoms. The molecule has 1 amide bonds. The van der Waals surface area contributed by atoms with Crippen LogP contribution in [-0.4, -0.2) is 35.7 Å². The molecule has 0 aliphatic heterocycles. The molecule has 0 atom stereocenters. The van der Waals surface area contributed by atoms with E-state index in [1.165, 1.54) is 12.8 Å². The van der Waals surface area contributed by atoms with Crippen LogP contribution in [0.5, 0.6) is 0 Å². The molecular weight excluding hydrogens is 222 g/mol. The van der Waals surface area contributed by atoms with Crippen LogP contribution < -0.4 is 5.32 Å². The zero-order valence-corrected chi connectivity index (χ0v) is 10.9. The first kappa shape index (κ1) is 13.8. The van der Waals surface area contributed by atoms with Gasteiger partial charge in [0.2, 0.25) is 5.91 Å². The molecule has 0 heterocycles. The average molecular weight is 245 g/mol. The van der Waals surface area contributed by atoms with Crippen molar-refractivity contribution < 1.29 is 9.90 Å². The van der Waals surface area contributed by atoms with Crippen molar-refractivity contribution in [3.8, 4) is 0 Å².